The van der Waals surface area contributed by atoms with E-state index in [1.54, 1.807) is 7.11 Å². The number of benzene rings is 1. The molecule has 1 fully saturated rings. The molecule has 0 atom stereocenters. The first-order chi connectivity index (χ1) is 9.81. The highest BCUT2D eigenvalue weighted by Gasteiger charge is 2.42. The second-order valence-corrected chi connectivity index (χ2v) is 7.86. The number of nitrogens with one attached hydrogen (secondary N) is 1. The summed E-state index contributed by atoms with van der Waals surface area (Å²) in [6.45, 7) is 0.994. The van der Waals surface area contributed by atoms with Gasteiger partial charge in [-0.25, -0.2) is 13.1 Å². The Morgan fingerprint density at radius 2 is 2.05 bits per heavy atom. The molecular weight excluding hydrogens is 335 g/mol. The van der Waals surface area contributed by atoms with E-state index in [1.807, 2.05) is 0 Å². The first-order valence-electron chi connectivity index (χ1n) is 6.53. The molecule has 0 aliphatic heterocycles. The maximum absolute atomic E-state index is 12.3. The van der Waals surface area contributed by atoms with E-state index in [-0.39, 0.29) is 26.0 Å². The number of methoxy groups -OCH3 is 1. The molecule has 1 aromatic rings. The average Bonchev–Trinajstić information content (AvgIpc) is 3.21. The Bertz CT molecular complexity index is 631. The lowest BCUT2D eigenvalue weighted by molar-refractivity contribution is 0.173. The molecule has 0 aromatic heterocycles. The van der Waals surface area contributed by atoms with Crippen LogP contribution in [0.15, 0.2) is 17.0 Å². The first kappa shape index (κ1) is 16.8. The minimum Gasteiger partial charge on any atom is -0.396 e. The van der Waals surface area contributed by atoms with Crippen LogP contribution in [0.3, 0.4) is 0 Å². The smallest absolute Gasteiger partial charge is 0.242 e. The molecule has 0 spiro atoms. The van der Waals surface area contributed by atoms with Crippen molar-refractivity contribution in [3.63, 3.8) is 0 Å². The second-order valence-electron chi connectivity index (χ2n) is 5.34. The molecule has 1 saturated carbocycles. The fourth-order valence-electron chi connectivity index (χ4n) is 2.09. The van der Waals surface area contributed by atoms with Crippen LogP contribution in [0.2, 0.25) is 10.0 Å². The lowest BCUT2D eigenvalue weighted by Crippen LogP contribution is -2.31. The quantitative estimate of drug-likeness (QED) is 0.739. The van der Waals surface area contributed by atoms with Gasteiger partial charge in [-0.3, -0.25) is 0 Å². The van der Waals surface area contributed by atoms with E-state index in [1.165, 1.54) is 12.1 Å². The number of halogens is 2. The molecule has 0 heterocycles. The van der Waals surface area contributed by atoms with Crippen LogP contribution in [-0.4, -0.2) is 28.7 Å². The van der Waals surface area contributed by atoms with Crippen molar-refractivity contribution in [3.05, 3.63) is 22.2 Å². The Morgan fingerprint density at radius 3 is 2.62 bits per heavy atom. The maximum atomic E-state index is 12.3. The Balaban J connectivity index is 2.11. The van der Waals surface area contributed by atoms with Crippen LogP contribution >= 0.6 is 23.2 Å². The Morgan fingerprint density at radius 1 is 1.38 bits per heavy atom. The minimum atomic E-state index is -3.71. The number of hydrogen-bond donors (Lipinski definition) is 2. The van der Waals surface area contributed by atoms with Crippen molar-refractivity contribution in [2.75, 3.05) is 26.0 Å². The summed E-state index contributed by atoms with van der Waals surface area (Å²) in [6.07, 6.45) is 2.83. The van der Waals surface area contributed by atoms with Crippen molar-refractivity contribution in [3.8, 4) is 0 Å². The first-order valence-corrected chi connectivity index (χ1v) is 8.77. The Labute approximate surface area is 134 Å². The molecule has 2 rings (SSSR count). The molecule has 21 heavy (non-hydrogen) atoms. The topological polar surface area (TPSA) is 81.4 Å². The van der Waals surface area contributed by atoms with Crippen molar-refractivity contribution < 1.29 is 13.2 Å². The van der Waals surface area contributed by atoms with Crippen molar-refractivity contribution in [1.29, 1.82) is 0 Å². The zero-order valence-corrected chi connectivity index (χ0v) is 14.0. The lowest BCUT2D eigenvalue weighted by Gasteiger charge is -2.16. The number of nitrogens with two attached hydrogens (primary N) is 1. The Hall–Kier alpha value is -0.530. The molecule has 118 valence electrons. The third kappa shape index (κ3) is 3.81. The zero-order valence-electron chi connectivity index (χ0n) is 11.7. The van der Waals surface area contributed by atoms with E-state index in [0.29, 0.717) is 13.2 Å². The van der Waals surface area contributed by atoms with Crippen LogP contribution in [0, 0.1) is 5.41 Å². The highest BCUT2D eigenvalue weighted by Crippen LogP contribution is 2.48. The monoisotopic (exact) mass is 352 g/mol. The van der Waals surface area contributed by atoms with Gasteiger partial charge in [0.05, 0.1) is 15.7 Å². The standard InChI is InChI=1S/C13H18Cl2N2O3S/c1-20-7-6-13(4-5-13)8-17-21(18,19)10-3-2-9(14)12(16)11(10)15/h2-3,17H,4-8,16H2,1H3. The third-order valence-corrected chi connectivity index (χ3v) is 6.10. The summed E-state index contributed by atoms with van der Waals surface area (Å²) in [4.78, 5) is -0.0476. The molecule has 1 aliphatic rings. The highest BCUT2D eigenvalue weighted by molar-refractivity contribution is 7.89. The molecule has 8 heteroatoms. The summed E-state index contributed by atoms with van der Waals surface area (Å²) in [6, 6.07) is 2.78. The summed E-state index contributed by atoms with van der Waals surface area (Å²) < 4.78 is 32.3. The fourth-order valence-corrected chi connectivity index (χ4v) is 4.01. The van der Waals surface area contributed by atoms with Gasteiger partial charge in [0.25, 0.3) is 0 Å². The van der Waals surface area contributed by atoms with E-state index in [0.717, 1.165) is 19.3 Å². The molecule has 3 N–H and O–H groups in total. The molecule has 0 radical (unpaired) electrons. The van der Waals surface area contributed by atoms with E-state index < -0.39 is 10.0 Å². The summed E-state index contributed by atoms with van der Waals surface area (Å²) in [5.41, 5.74) is 5.75. The van der Waals surface area contributed by atoms with Gasteiger partial charge in [0.15, 0.2) is 0 Å². The molecule has 5 nitrogen and oxygen atoms in total. The van der Waals surface area contributed by atoms with Crippen LogP contribution in [-0.2, 0) is 14.8 Å². The molecule has 1 aromatic carbocycles. The van der Waals surface area contributed by atoms with Gasteiger partial charge in [0, 0.05) is 20.3 Å². The number of anilines is 1. The normalized spacial score (nSPS) is 16.9. The van der Waals surface area contributed by atoms with Crippen LogP contribution in [0.4, 0.5) is 5.69 Å². The Kier molecular flexibility index (Phi) is 5.05. The van der Waals surface area contributed by atoms with Gasteiger partial charge in [-0.15, -0.1) is 0 Å². The molecule has 0 amide bonds. The lowest BCUT2D eigenvalue weighted by atomic mass is 10.0. The van der Waals surface area contributed by atoms with Crippen molar-refractivity contribution in [1.82, 2.24) is 4.72 Å². The second kappa shape index (κ2) is 6.30. The van der Waals surface area contributed by atoms with Crippen LogP contribution in [0.1, 0.15) is 19.3 Å². The zero-order chi connectivity index (χ0) is 15.7. The molecule has 0 saturated heterocycles. The van der Waals surface area contributed by atoms with Gasteiger partial charge in [0.2, 0.25) is 10.0 Å². The van der Waals surface area contributed by atoms with Crippen LogP contribution in [0.5, 0.6) is 0 Å². The summed E-state index contributed by atoms with van der Waals surface area (Å²) in [5, 5.41) is 0.189. The van der Waals surface area contributed by atoms with Gasteiger partial charge in [-0.05, 0) is 36.8 Å². The maximum Gasteiger partial charge on any atom is 0.242 e. The molecule has 1 aliphatic carbocycles. The summed E-state index contributed by atoms with van der Waals surface area (Å²) in [5.74, 6) is 0. The number of nitrogen functional groups attached to an aromatic ring is 1. The SMILES string of the molecule is COCCC1(CNS(=O)(=O)c2ccc(Cl)c(N)c2Cl)CC1. The number of sulfonamides is 1. The van der Waals surface area contributed by atoms with Gasteiger partial charge >= 0.3 is 0 Å². The predicted molar refractivity (Wildman–Crippen MR) is 84.2 cm³/mol. The van der Waals surface area contributed by atoms with Crippen molar-refractivity contribution in [2.24, 2.45) is 5.41 Å². The number of ether oxygens (including phenoxy) is 1. The predicted octanol–water partition coefficient (Wildman–Crippen LogP) is 2.67. The summed E-state index contributed by atoms with van der Waals surface area (Å²) in [7, 11) is -2.07. The molecular formula is C13H18Cl2N2O3S. The van der Waals surface area contributed by atoms with E-state index in [4.69, 9.17) is 33.7 Å². The van der Waals surface area contributed by atoms with E-state index in [9.17, 15) is 8.42 Å². The van der Waals surface area contributed by atoms with Crippen LogP contribution in [0.25, 0.3) is 0 Å². The molecule has 0 bridgehead atoms. The number of hydrogen-bond acceptors (Lipinski definition) is 4. The minimum absolute atomic E-state index is 0.00747. The van der Waals surface area contributed by atoms with Crippen molar-refractivity contribution in [2.45, 2.75) is 24.2 Å². The van der Waals surface area contributed by atoms with Crippen molar-refractivity contribution >= 4 is 38.9 Å². The average molecular weight is 353 g/mol. The third-order valence-electron chi connectivity index (χ3n) is 3.81. The van der Waals surface area contributed by atoms with Gasteiger partial charge < -0.3 is 10.5 Å². The van der Waals surface area contributed by atoms with E-state index >= 15 is 0 Å². The fraction of sp³-hybridized carbons (Fsp3) is 0.538. The van der Waals surface area contributed by atoms with Gasteiger partial charge in [-0.1, -0.05) is 23.2 Å². The van der Waals surface area contributed by atoms with Gasteiger partial charge in [0.1, 0.15) is 4.90 Å². The largest absolute Gasteiger partial charge is 0.396 e. The van der Waals surface area contributed by atoms with Crippen LogP contribution < -0.4 is 10.5 Å². The van der Waals surface area contributed by atoms with E-state index in [2.05, 4.69) is 4.72 Å². The molecule has 0 unspecified atom stereocenters. The highest BCUT2D eigenvalue weighted by atomic mass is 35.5. The number of rotatable bonds is 7. The van der Waals surface area contributed by atoms with Gasteiger partial charge in [-0.2, -0.15) is 0 Å². The summed E-state index contributed by atoms with van der Waals surface area (Å²) >= 11 is 11.8.